The summed E-state index contributed by atoms with van der Waals surface area (Å²) in [5.41, 5.74) is 5.83. The Labute approximate surface area is 79.6 Å². The molecule has 1 rings (SSSR count). The van der Waals surface area contributed by atoms with Crippen molar-refractivity contribution in [2.75, 3.05) is 7.11 Å². The Kier molecular flexibility index (Phi) is 3.31. The van der Waals surface area contributed by atoms with Crippen LogP contribution in [0.25, 0.3) is 0 Å². The van der Waals surface area contributed by atoms with E-state index >= 15 is 0 Å². The zero-order valence-corrected chi connectivity index (χ0v) is 8.51. The predicted octanol–water partition coefficient (Wildman–Crippen LogP) is 1.46. The number of hydrogen-bond acceptors (Lipinski definition) is 3. The van der Waals surface area contributed by atoms with Gasteiger partial charge in [-0.25, -0.2) is 0 Å². The number of carbonyl (C=O) groups excluding carboxylic acids is 1. The average Bonchev–Trinajstić information content (AvgIpc) is 2.16. The Bertz CT molecular complexity index is 185. The highest BCUT2D eigenvalue weighted by atomic mass is 16.5. The molecule has 2 N–H and O–H groups in total. The maximum Gasteiger partial charge on any atom is 0.323 e. The summed E-state index contributed by atoms with van der Waals surface area (Å²) in [6.45, 7) is 2.09. The second-order valence-corrected chi connectivity index (χ2v) is 4.22. The number of rotatable bonds is 2. The summed E-state index contributed by atoms with van der Waals surface area (Å²) in [5, 5.41) is 0. The lowest BCUT2D eigenvalue weighted by molar-refractivity contribution is -0.146. The molecule has 76 valence electrons. The Morgan fingerprint density at radius 3 is 2.38 bits per heavy atom. The number of carbonyl (C=O) groups is 1. The van der Waals surface area contributed by atoms with E-state index in [9.17, 15) is 4.79 Å². The van der Waals surface area contributed by atoms with Crippen molar-refractivity contribution in [2.45, 2.75) is 45.1 Å². The second-order valence-electron chi connectivity index (χ2n) is 4.22. The third kappa shape index (κ3) is 2.21. The van der Waals surface area contributed by atoms with Crippen LogP contribution in [0.4, 0.5) is 0 Å². The largest absolute Gasteiger partial charge is 0.468 e. The summed E-state index contributed by atoms with van der Waals surface area (Å²) in [6.07, 6.45) is 5.72. The highest BCUT2D eigenvalue weighted by Crippen LogP contribution is 2.38. The van der Waals surface area contributed by atoms with E-state index in [0.717, 1.165) is 12.8 Å². The molecule has 0 aromatic rings. The van der Waals surface area contributed by atoms with Crippen molar-refractivity contribution in [3.63, 3.8) is 0 Å². The van der Waals surface area contributed by atoms with Gasteiger partial charge in [-0.3, -0.25) is 4.79 Å². The first kappa shape index (κ1) is 10.5. The fraction of sp³-hybridized carbons (Fsp3) is 0.900. The van der Waals surface area contributed by atoms with Crippen molar-refractivity contribution < 1.29 is 9.53 Å². The van der Waals surface area contributed by atoms with Gasteiger partial charge in [0.25, 0.3) is 0 Å². The highest BCUT2D eigenvalue weighted by Gasteiger charge is 2.37. The number of hydrogen-bond donors (Lipinski definition) is 1. The topological polar surface area (TPSA) is 52.3 Å². The maximum absolute atomic E-state index is 11.3. The monoisotopic (exact) mass is 185 g/mol. The van der Waals surface area contributed by atoms with E-state index in [-0.39, 0.29) is 11.4 Å². The van der Waals surface area contributed by atoms with E-state index in [1.807, 2.05) is 0 Å². The van der Waals surface area contributed by atoms with Crippen molar-refractivity contribution in [3.05, 3.63) is 0 Å². The van der Waals surface area contributed by atoms with Crippen LogP contribution < -0.4 is 5.73 Å². The molecular formula is C10H19NO2. The minimum absolute atomic E-state index is 0.0364. The molecule has 1 unspecified atom stereocenters. The zero-order valence-electron chi connectivity index (χ0n) is 8.51. The molecule has 0 aromatic heterocycles. The predicted molar refractivity (Wildman–Crippen MR) is 51.2 cm³/mol. The molecule has 0 saturated heterocycles. The first-order chi connectivity index (χ1) is 6.10. The first-order valence-electron chi connectivity index (χ1n) is 4.93. The van der Waals surface area contributed by atoms with Crippen molar-refractivity contribution in [1.82, 2.24) is 0 Å². The minimum Gasteiger partial charge on any atom is -0.468 e. The number of ether oxygens (including phenoxy) is 1. The summed E-state index contributed by atoms with van der Waals surface area (Å²) < 4.78 is 4.67. The quantitative estimate of drug-likeness (QED) is 0.662. The van der Waals surface area contributed by atoms with Gasteiger partial charge in [-0.05, 0) is 18.3 Å². The molecule has 13 heavy (non-hydrogen) atoms. The molecule has 1 aliphatic carbocycles. The van der Waals surface area contributed by atoms with Gasteiger partial charge in [-0.15, -0.1) is 0 Å². The molecule has 3 nitrogen and oxygen atoms in total. The molecule has 0 amide bonds. The molecule has 1 fully saturated rings. The fourth-order valence-electron chi connectivity index (χ4n) is 2.08. The van der Waals surface area contributed by atoms with Gasteiger partial charge in [0.15, 0.2) is 0 Å². The van der Waals surface area contributed by atoms with Gasteiger partial charge in [0.2, 0.25) is 0 Å². The van der Waals surface area contributed by atoms with Gasteiger partial charge in [0, 0.05) is 0 Å². The molecule has 3 heteroatoms. The lowest BCUT2D eigenvalue weighted by Gasteiger charge is -2.37. The van der Waals surface area contributed by atoms with E-state index in [1.54, 1.807) is 0 Å². The standard InChI is InChI=1S/C10H19NO2/c1-10(6-4-3-5-7-10)8(11)9(12)13-2/h8H,3-7,11H2,1-2H3. The van der Waals surface area contributed by atoms with Crippen LogP contribution in [0.2, 0.25) is 0 Å². The van der Waals surface area contributed by atoms with Crippen LogP contribution in [0.3, 0.4) is 0 Å². The summed E-state index contributed by atoms with van der Waals surface area (Å²) in [4.78, 5) is 11.3. The molecule has 0 aromatic carbocycles. The van der Waals surface area contributed by atoms with Crippen LogP contribution in [-0.4, -0.2) is 19.1 Å². The minimum atomic E-state index is -0.446. The van der Waals surface area contributed by atoms with Crippen LogP contribution in [-0.2, 0) is 9.53 Å². The Hall–Kier alpha value is -0.570. The molecule has 0 spiro atoms. The molecule has 1 atom stereocenters. The highest BCUT2D eigenvalue weighted by molar-refractivity contribution is 5.76. The summed E-state index contributed by atoms with van der Waals surface area (Å²) in [5.74, 6) is -0.274. The summed E-state index contributed by atoms with van der Waals surface area (Å²) in [7, 11) is 1.40. The summed E-state index contributed by atoms with van der Waals surface area (Å²) in [6, 6.07) is -0.446. The molecule has 0 aliphatic heterocycles. The van der Waals surface area contributed by atoms with Crippen molar-refractivity contribution in [2.24, 2.45) is 11.1 Å². The van der Waals surface area contributed by atoms with Crippen molar-refractivity contribution in [3.8, 4) is 0 Å². The fourth-order valence-corrected chi connectivity index (χ4v) is 2.08. The van der Waals surface area contributed by atoms with Crippen molar-refractivity contribution in [1.29, 1.82) is 0 Å². The first-order valence-corrected chi connectivity index (χ1v) is 4.93. The molecule has 0 bridgehead atoms. The molecule has 1 aliphatic rings. The van der Waals surface area contributed by atoms with Crippen LogP contribution in [0.1, 0.15) is 39.0 Å². The molecule has 1 saturated carbocycles. The van der Waals surface area contributed by atoms with E-state index in [2.05, 4.69) is 11.7 Å². The lowest BCUT2D eigenvalue weighted by Crippen LogP contribution is -2.47. The number of esters is 1. The molecular weight excluding hydrogens is 166 g/mol. The summed E-state index contributed by atoms with van der Waals surface area (Å²) >= 11 is 0. The lowest BCUT2D eigenvalue weighted by atomic mass is 9.71. The van der Waals surface area contributed by atoms with Gasteiger partial charge < -0.3 is 10.5 Å². The maximum atomic E-state index is 11.3. The smallest absolute Gasteiger partial charge is 0.323 e. The normalized spacial score (nSPS) is 23.6. The Morgan fingerprint density at radius 1 is 1.38 bits per heavy atom. The van der Waals surface area contributed by atoms with Crippen molar-refractivity contribution >= 4 is 5.97 Å². The average molecular weight is 185 g/mol. The van der Waals surface area contributed by atoms with E-state index in [0.29, 0.717) is 0 Å². The van der Waals surface area contributed by atoms with Crippen LogP contribution in [0.5, 0.6) is 0 Å². The Morgan fingerprint density at radius 2 is 1.92 bits per heavy atom. The van der Waals surface area contributed by atoms with E-state index in [4.69, 9.17) is 5.73 Å². The molecule has 0 radical (unpaired) electrons. The van der Waals surface area contributed by atoms with Gasteiger partial charge in [0.1, 0.15) is 6.04 Å². The van der Waals surface area contributed by atoms with Crippen LogP contribution in [0, 0.1) is 5.41 Å². The molecule has 0 heterocycles. The van der Waals surface area contributed by atoms with Crippen LogP contribution in [0.15, 0.2) is 0 Å². The van der Waals surface area contributed by atoms with Gasteiger partial charge in [-0.1, -0.05) is 26.2 Å². The third-order valence-electron chi connectivity index (χ3n) is 3.20. The van der Waals surface area contributed by atoms with E-state index < -0.39 is 6.04 Å². The number of methoxy groups -OCH3 is 1. The van der Waals surface area contributed by atoms with Gasteiger partial charge in [0.05, 0.1) is 7.11 Å². The van der Waals surface area contributed by atoms with E-state index in [1.165, 1.54) is 26.4 Å². The Balaban J connectivity index is 2.61. The van der Waals surface area contributed by atoms with Crippen LogP contribution >= 0.6 is 0 Å². The second kappa shape index (κ2) is 4.09. The SMILES string of the molecule is COC(=O)C(N)C1(C)CCCCC1. The third-order valence-corrected chi connectivity index (χ3v) is 3.20. The number of nitrogens with two attached hydrogens (primary N) is 1. The van der Waals surface area contributed by atoms with Gasteiger partial charge >= 0.3 is 5.97 Å². The van der Waals surface area contributed by atoms with Gasteiger partial charge in [-0.2, -0.15) is 0 Å². The zero-order chi connectivity index (χ0) is 9.90.